The van der Waals surface area contributed by atoms with Crippen LogP contribution in [0.1, 0.15) is 12.8 Å². The van der Waals surface area contributed by atoms with Crippen LogP contribution in [0.3, 0.4) is 0 Å². The van der Waals surface area contributed by atoms with Gasteiger partial charge >= 0.3 is 10.8 Å². The fourth-order valence-corrected chi connectivity index (χ4v) is 6.03. The molecule has 1 aromatic heterocycles. The summed E-state index contributed by atoms with van der Waals surface area (Å²) in [7, 11) is 1.30. The normalized spacial score (nSPS) is 12.6. The number of ether oxygens (including phenoxy) is 2. The first-order chi connectivity index (χ1) is 20.6. The van der Waals surface area contributed by atoms with Crippen LogP contribution in [0, 0.1) is 15.9 Å². The standard InChI is InChI=1S/C15H15ClFN3O3S2.C12H9ClN2O3/c1-23-13(21)8-24-12-7-11(10(17)6-9(12)16)18-14-19-4-2-3-5-20(19)15(22)25-14;13-11-10(18-8-4-2-1-3-5-8)7-6-9(12(11)14)15(16)17/h6-7H,2-5,8H2,1H3;1-7H,14H2. The van der Waals surface area contributed by atoms with Crippen molar-refractivity contribution in [2.45, 2.75) is 30.8 Å². The molecule has 11 nitrogen and oxygen atoms in total. The molecule has 0 fully saturated rings. The summed E-state index contributed by atoms with van der Waals surface area (Å²) >= 11 is 14.1. The van der Waals surface area contributed by atoms with Gasteiger partial charge < -0.3 is 15.2 Å². The Balaban J connectivity index is 0.000000208. The van der Waals surface area contributed by atoms with E-state index in [-0.39, 0.29) is 43.5 Å². The Labute approximate surface area is 262 Å². The maximum atomic E-state index is 14.3. The van der Waals surface area contributed by atoms with Crippen LogP contribution >= 0.6 is 46.3 Å². The molecule has 0 amide bonds. The quantitative estimate of drug-likeness (QED) is 0.0782. The summed E-state index contributed by atoms with van der Waals surface area (Å²) in [5, 5.41) is 10.9. The Bertz CT molecular complexity index is 1780. The number of carbonyl (C=O) groups is 1. The fourth-order valence-electron chi connectivity index (χ4n) is 3.85. The maximum Gasteiger partial charge on any atom is 0.325 e. The highest BCUT2D eigenvalue weighted by Gasteiger charge is 2.18. The summed E-state index contributed by atoms with van der Waals surface area (Å²) in [5.41, 5.74) is 5.33. The minimum absolute atomic E-state index is 0.0352. The van der Waals surface area contributed by atoms with Crippen molar-refractivity contribution in [1.29, 1.82) is 0 Å². The number of esters is 1. The van der Waals surface area contributed by atoms with Crippen molar-refractivity contribution in [3.8, 4) is 11.5 Å². The minimum atomic E-state index is -0.590. The minimum Gasteiger partial charge on any atom is -0.468 e. The Morgan fingerprint density at radius 1 is 1.16 bits per heavy atom. The SMILES string of the molecule is COC(=O)CSc1cc(N=c2sc(=O)n3n2CCCC3)c(F)cc1Cl.Nc1c([N+](=O)[O-])ccc(Oc2ccccc2)c1Cl. The zero-order valence-electron chi connectivity index (χ0n) is 22.5. The number of carbonyl (C=O) groups excluding carboxylic acids is 1. The second-order valence-corrected chi connectivity index (χ2v) is 11.5. The van der Waals surface area contributed by atoms with Gasteiger partial charge in [0.25, 0.3) is 5.69 Å². The number of hydrogen-bond donors (Lipinski definition) is 1. The van der Waals surface area contributed by atoms with E-state index in [4.69, 9.17) is 33.7 Å². The van der Waals surface area contributed by atoms with Crippen molar-refractivity contribution in [1.82, 2.24) is 9.36 Å². The van der Waals surface area contributed by atoms with Gasteiger partial charge in [-0.15, -0.1) is 11.8 Å². The lowest BCUT2D eigenvalue weighted by Gasteiger charge is -2.15. The van der Waals surface area contributed by atoms with Crippen molar-refractivity contribution in [3.05, 3.63) is 95.0 Å². The van der Waals surface area contributed by atoms with Gasteiger partial charge in [-0.25, -0.2) is 14.1 Å². The summed E-state index contributed by atoms with van der Waals surface area (Å²) in [4.78, 5) is 38.6. The number of anilines is 1. The van der Waals surface area contributed by atoms with E-state index >= 15 is 0 Å². The molecule has 2 heterocycles. The van der Waals surface area contributed by atoms with E-state index in [0.717, 1.165) is 42.0 Å². The molecule has 16 heteroatoms. The van der Waals surface area contributed by atoms with Crippen LogP contribution in [-0.2, 0) is 22.6 Å². The maximum absolute atomic E-state index is 14.3. The highest BCUT2D eigenvalue weighted by Crippen LogP contribution is 2.39. The van der Waals surface area contributed by atoms with Crippen LogP contribution in [0.25, 0.3) is 0 Å². The number of nitro groups is 1. The van der Waals surface area contributed by atoms with Gasteiger partial charge in [-0.2, -0.15) is 0 Å². The van der Waals surface area contributed by atoms with Gasteiger partial charge in [0.05, 0.1) is 22.8 Å². The summed E-state index contributed by atoms with van der Waals surface area (Å²) < 4.78 is 27.7. The van der Waals surface area contributed by atoms with Gasteiger partial charge in [0.15, 0.2) is 0 Å². The first-order valence-electron chi connectivity index (χ1n) is 12.6. The number of halogens is 3. The van der Waals surface area contributed by atoms with Crippen LogP contribution in [0.2, 0.25) is 10.0 Å². The Kier molecular flexibility index (Phi) is 10.9. The number of para-hydroxylation sites is 1. The second-order valence-electron chi connectivity index (χ2n) is 8.80. The molecule has 0 spiro atoms. The smallest absolute Gasteiger partial charge is 0.325 e. The topological polar surface area (TPSA) is 144 Å². The molecular formula is C27H24Cl2FN5O6S2. The molecule has 2 N–H and O–H groups in total. The third kappa shape index (κ3) is 7.96. The first kappa shape index (κ1) is 32.1. The molecule has 43 heavy (non-hydrogen) atoms. The molecular weight excluding hydrogens is 644 g/mol. The van der Waals surface area contributed by atoms with Crippen LogP contribution < -0.4 is 20.1 Å². The van der Waals surface area contributed by atoms with Crippen molar-refractivity contribution in [2.24, 2.45) is 4.99 Å². The van der Waals surface area contributed by atoms with Gasteiger partial charge in [-0.1, -0.05) is 41.4 Å². The molecule has 4 aromatic rings. The number of hydrogen-bond acceptors (Lipinski definition) is 10. The van der Waals surface area contributed by atoms with Crippen LogP contribution in [0.15, 0.2) is 69.3 Å². The van der Waals surface area contributed by atoms with E-state index in [1.165, 1.54) is 25.3 Å². The fraction of sp³-hybridized carbons (Fsp3) is 0.222. The third-order valence-electron chi connectivity index (χ3n) is 5.97. The van der Waals surface area contributed by atoms with E-state index in [0.29, 0.717) is 28.5 Å². The third-order valence-corrected chi connectivity index (χ3v) is 8.68. The largest absolute Gasteiger partial charge is 0.468 e. The van der Waals surface area contributed by atoms with Crippen molar-refractivity contribution in [3.63, 3.8) is 0 Å². The zero-order valence-corrected chi connectivity index (χ0v) is 25.6. The van der Waals surface area contributed by atoms with E-state index in [9.17, 15) is 24.1 Å². The van der Waals surface area contributed by atoms with Crippen molar-refractivity contribution in [2.75, 3.05) is 18.6 Å². The number of fused-ring (bicyclic) bond motifs is 1. The Morgan fingerprint density at radius 3 is 2.53 bits per heavy atom. The summed E-state index contributed by atoms with van der Waals surface area (Å²) in [6.45, 7) is 1.32. The highest BCUT2D eigenvalue weighted by atomic mass is 35.5. The predicted molar refractivity (Wildman–Crippen MR) is 164 cm³/mol. The summed E-state index contributed by atoms with van der Waals surface area (Å²) in [5.74, 6) is -0.0634. The van der Waals surface area contributed by atoms with Crippen molar-refractivity contribution < 1.29 is 23.6 Å². The van der Waals surface area contributed by atoms with E-state index in [1.54, 1.807) is 33.6 Å². The monoisotopic (exact) mass is 667 g/mol. The van der Waals surface area contributed by atoms with Gasteiger partial charge in [-0.3, -0.25) is 24.4 Å². The molecule has 226 valence electrons. The Hall–Kier alpha value is -3.85. The number of thioether (sulfide) groups is 1. The molecule has 0 saturated carbocycles. The molecule has 5 rings (SSSR count). The average Bonchev–Trinajstić information content (AvgIpc) is 3.31. The number of nitrogens with zero attached hydrogens (tertiary/aromatic N) is 4. The van der Waals surface area contributed by atoms with Gasteiger partial charge in [0.2, 0.25) is 4.80 Å². The number of rotatable bonds is 7. The van der Waals surface area contributed by atoms with Crippen molar-refractivity contribution >= 4 is 69.3 Å². The first-order valence-corrected chi connectivity index (χ1v) is 15.1. The van der Waals surface area contributed by atoms with E-state index in [1.807, 2.05) is 6.07 Å². The molecule has 1 aliphatic heterocycles. The lowest BCUT2D eigenvalue weighted by atomic mass is 10.2. The number of aromatic nitrogens is 2. The average molecular weight is 669 g/mol. The lowest BCUT2D eigenvalue weighted by Crippen LogP contribution is -2.31. The molecule has 0 saturated heterocycles. The van der Waals surface area contributed by atoms with Crippen LogP contribution in [-0.4, -0.2) is 33.1 Å². The predicted octanol–water partition coefficient (Wildman–Crippen LogP) is 6.42. The van der Waals surface area contributed by atoms with E-state index in [2.05, 4.69) is 9.73 Å². The van der Waals surface area contributed by atoms with E-state index < -0.39 is 16.7 Å². The van der Waals surface area contributed by atoms with Gasteiger partial charge in [0, 0.05) is 24.1 Å². The number of nitro benzene ring substituents is 1. The number of nitrogen functional groups attached to an aromatic ring is 1. The molecule has 0 radical (unpaired) electrons. The second kappa shape index (κ2) is 14.6. The molecule has 0 aliphatic carbocycles. The van der Waals surface area contributed by atoms with Gasteiger partial charge in [0.1, 0.15) is 33.7 Å². The number of nitrogens with two attached hydrogens (primary N) is 1. The molecule has 0 unspecified atom stereocenters. The van der Waals surface area contributed by atoms with Crippen LogP contribution in [0.5, 0.6) is 11.5 Å². The zero-order chi connectivity index (χ0) is 31.1. The number of methoxy groups -OCH3 is 1. The molecule has 0 bridgehead atoms. The highest BCUT2D eigenvalue weighted by molar-refractivity contribution is 8.00. The van der Waals surface area contributed by atoms with Gasteiger partial charge in [-0.05, 0) is 54.5 Å². The molecule has 1 aliphatic rings. The van der Waals surface area contributed by atoms with Crippen LogP contribution in [0.4, 0.5) is 21.5 Å². The molecule has 3 aromatic carbocycles. The summed E-state index contributed by atoms with van der Waals surface area (Å²) in [6.07, 6.45) is 1.90. The summed E-state index contributed by atoms with van der Waals surface area (Å²) in [6, 6.07) is 14.3. The number of benzene rings is 3. The lowest BCUT2D eigenvalue weighted by molar-refractivity contribution is -0.383. The Morgan fingerprint density at radius 2 is 1.86 bits per heavy atom. The molecule has 0 atom stereocenters.